The lowest BCUT2D eigenvalue weighted by Crippen LogP contribution is -2.63. The summed E-state index contributed by atoms with van der Waals surface area (Å²) in [6, 6.07) is 0. The normalized spacial score (nSPS) is 90.7. The van der Waals surface area contributed by atoms with Crippen LogP contribution in [0.25, 0.3) is 0 Å². The van der Waals surface area contributed by atoms with Gasteiger partial charge in [-0.3, -0.25) is 0 Å². The molecule has 0 aliphatic heterocycles. The summed E-state index contributed by atoms with van der Waals surface area (Å²) in [4.78, 5) is 0. The molecule has 7 aliphatic carbocycles. The van der Waals surface area contributed by atoms with Crippen LogP contribution >= 0.6 is 0 Å². The van der Waals surface area contributed by atoms with E-state index in [2.05, 4.69) is 6.92 Å². The molecule has 0 amide bonds. The van der Waals surface area contributed by atoms with E-state index in [0.717, 1.165) is 28.1 Å². The van der Waals surface area contributed by atoms with Gasteiger partial charge in [0, 0.05) is 5.54 Å². The number of rotatable bonds is 1. The first kappa shape index (κ1) is 8.19. The Kier molecular flexibility index (Phi) is 0.781. The Morgan fingerprint density at radius 1 is 0.882 bits per heavy atom. The first-order chi connectivity index (χ1) is 8.09. The average molecular weight is 227 g/mol. The third-order valence-corrected chi connectivity index (χ3v) is 9.41. The second-order valence-corrected chi connectivity index (χ2v) is 9.31. The standard InChI is InChI=1S/C16H21N/c1-13(17)3-8(13)7-2-14-4-9-10-5-15(9,10)16(14)6-11(16)12(7)14/h7-12H,2-6,17H2,1H3. The van der Waals surface area contributed by atoms with E-state index >= 15 is 0 Å². The maximum Gasteiger partial charge on any atom is 0.0161 e. The molecule has 10 atom stereocenters. The first-order valence-corrected chi connectivity index (χ1v) is 7.87. The van der Waals surface area contributed by atoms with Gasteiger partial charge in [-0.2, -0.15) is 0 Å². The van der Waals surface area contributed by atoms with Gasteiger partial charge < -0.3 is 5.73 Å². The maximum atomic E-state index is 6.31. The van der Waals surface area contributed by atoms with E-state index in [0.29, 0.717) is 0 Å². The van der Waals surface area contributed by atoms with Gasteiger partial charge in [0.1, 0.15) is 0 Å². The summed E-state index contributed by atoms with van der Waals surface area (Å²) in [5.74, 6) is 6.84. The first-order valence-electron chi connectivity index (χ1n) is 7.87. The van der Waals surface area contributed by atoms with Crippen LogP contribution in [-0.2, 0) is 0 Å². The molecule has 10 unspecified atom stereocenters. The lowest BCUT2D eigenvalue weighted by molar-refractivity contribution is -0.204. The van der Waals surface area contributed by atoms with Gasteiger partial charge in [0.15, 0.2) is 0 Å². The topological polar surface area (TPSA) is 26.0 Å². The summed E-state index contributed by atoms with van der Waals surface area (Å²) >= 11 is 0. The highest BCUT2D eigenvalue weighted by atomic mass is 15.1. The number of hydrogen-bond acceptors (Lipinski definition) is 1. The van der Waals surface area contributed by atoms with Gasteiger partial charge in [-0.05, 0) is 90.8 Å². The molecule has 0 bridgehead atoms. The minimum absolute atomic E-state index is 0.237. The van der Waals surface area contributed by atoms with Gasteiger partial charge in [-0.15, -0.1) is 0 Å². The highest BCUT2D eigenvalue weighted by molar-refractivity contribution is 5.53. The Balaban J connectivity index is 1.30. The molecule has 90 valence electrons. The number of hydrogen-bond donors (Lipinski definition) is 1. The fourth-order valence-electron chi connectivity index (χ4n) is 8.75. The molecule has 1 heteroatoms. The predicted molar refractivity (Wildman–Crippen MR) is 63.9 cm³/mol. The number of fused-ring (bicyclic) bond motifs is 2. The van der Waals surface area contributed by atoms with Crippen LogP contribution < -0.4 is 5.73 Å². The Labute approximate surface area is 103 Å². The molecule has 0 radical (unpaired) electrons. The van der Waals surface area contributed by atoms with Gasteiger partial charge in [-0.25, -0.2) is 0 Å². The van der Waals surface area contributed by atoms with Crippen LogP contribution in [0.15, 0.2) is 0 Å². The Bertz CT molecular complexity index is 524. The smallest absolute Gasteiger partial charge is 0.0161 e. The predicted octanol–water partition coefficient (Wildman–Crippen LogP) is 2.41. The van der Waals surface area contributed by atoms with Crippen LogP contribution in [0, 0.1) is 51.8 Å². The van der Waals surface area contributed by atoms with E-state index in [9.17, 15) is 0 Å². The molecule has 7 aliphatic rings. The molecule has 0 aromatic heterocycles. The molecule has 1 nitrogen and oxygen atoms in total. The van der Waals surface area contributed by atoms with Gasteiger partial charge in [0.2, 0.25) is 0 Å². The quantitative estimate of drug-likeness (QED) is 0.731. The van der Waals surface area contributed by atoms with Crippen molar-refractivity contribution in [1.82, 2.24) is 0 Å². The van der Waals surface area contributed by atoms with E-state index in [1.165, 1.54) is 30.1 Å². The fourth-order valence-corrected chi connectivity index (χ4v) is 8.75. The molecule has 0 aromatic rings. The van der Waals surface area contributed by atoms with E-state index in [1.54, 1.807) is 25.7 Å². The zero-order valence-corrected chi connectivity index (χ0v) is 10.6. The summed E-state index contributed by atoms with van der Waals surface area (Å²) in [5.41, 5.74) is 9.43. The zero-order chi connectivity index (χ0) is 11.0. The second-order valence-electron chi connectivity index (χ2n) is 9.31. The lowest BCUT2D eigenvalue weighted by Gasteiger charge is -2.67. The molecule has 7 saturated carbocycles. The summed E-state index contributed by atoms with van der Waals surface area (Å²) in [6.45, 7) is 2.29. The van der Waals surface area contributed by atoms with Crippen LogP contribution in [0.3, 0.4) is 0 Å². The number of nitrogens with two attached hydrogens (primary N) is 1. The highest BCUT2D eigenvalue weighted by Crippen LogP contribution is 3.11. The van der Waals surface area contributed by atoms with E-state index < -0.39 is 0 Å². The van der Waals surface area contributed by atoms with Crippen molar-refractivity contribution in [2.24, 2.45) is 57.5 Å². The molecule has 0 heterocycles. The van der Waals surface area contributed by atoms with Gasteiger partial charge in [0.05, 0.1) is 0 Å². The molecule has 7 fully saturated rings. The van der Waals surface area contributed by atoms with E-state index in [4.69, 9.17) is 5.73 Å². The minimum Gasteiger partial charge on any atom is -0.325 e. The molecule has 3 spiro atoms. The van der Waals surface area contributed by atoms with Gasteiger partial charge >= 0.3 is 0 Å². The molecule has 0 aromatic carbocycles. The summed E-state index contributed by atoms with van der Waals surface area (Å²) in [7, 11) is 0. The SMILES string of the molecule is CC1(N)CC1C1CC23CC4C5CC45C24CC4C13. The Morgan fingerprint density at radius 2 is 1.65 bits per heavy atom. The summed E-state index contributed by atoms with van der Waals surface area (Å²) in [5, 5.41) is 0. The van der Waals surface area contributed by atoms with Crippen molar-refractivity contribution in [1.29, 1.82) is 0 Å². The van der Waals surface area contributed by atoms with E-state index in [-0.39, 0.29) is 5.54 Å². The van der Waals surface area contributed by atoms with Crippen molar-refractivity contribution in [2.75, 3.05) is 0 Å². The second kappa shape index (κ2) is 1.62. The van der Waals surface area contributed by atoms with Gasteiger partial charge in [0.25, 0.3) is 0 Å². The minimum atomic E-state index is 0.237. The van der Waals surface area contributed by atoms with E-state index in [1.807, 2.05) is 0 Å². The van der Waals surface area contributed by atoms with Crippen LogP contribution in [-0.4, -0.2) is 5.54 Å². The van der Waals surface area contributed by atoms with Crippen LogP contribution in [0.5, 0.6) is 0 Å². The molecular formula is C16H21N. The van der Waals surface area contributed by atoms with Crippen molar-refractivity contribution in [3.8, 4) is 0 Å². The summed E-state index contributed by atoms with van der Waals surface area (Å²) < 4.78 is 0. The Hall–Kier alpha value is -0.0400. The van der Waals surface area contributed by atoms with Crippen LogP contribution in [0.1, 0.15) is 39.0 Å². The van der Waals surface area contributed by atoms with Crippen molar-refractivity contribution >= 4 is 0 Å². The molecule has 17 heavy (non-hydrogen) atoms. The van der Waals surface area contributed by atoms with Crippen molar-refractivity contribution < 1.29 is 0 Å². The van der Waals surface area contributed by atoms with Crippen LogP contribution in [0.4, 0.5) is 0 Å². The largest absolute Gasteiger partial charge is 0.325 e. The molecular weight excluding hydrogens is 206 g/mol. The summed E-state index contributed by atoms with van der Waals surface area (Å²) in [6.07, 6.45) is 7.93. The third kappa shape index (κ3) is 0.475. The monoisotopic (exact) mass is 227 g/mol. The Morgan fingerprint density at radius 3 is 2.35 bits per heavy atom. The molecule has 7 rings (SSSR count). The van der Waals surface area contributed by atoms with Crippen molar-refractivity contribution in [3.63, 3.8) is 0 Å². The lowest BCUT2D eigenvalue weighted by atomic mass is 9.36. The van der Waals surface area contributed by atoms with Crippen molar-refractivity contribution in [3.05, 3.63) is 0 Å². The van der Waals surface area contributed by atoms with Crippen molar-refractivity contribution in [2.45, 2.75) is 44.6 Å². The maximum absolute atomic E-state index is 6.31. The molecule has 0 saturated heterocycles. The zero-order valence-electron chi connectivity index (χ0n) is 10.6. The van der Waals surface area contributed by atoms with Gasteiger partial charge in [-0.1, -0.05) is 0 Å². The average Bonchev–Trinajstić information content (AvgIpc) is 3.01. The molecule has 2 N–H and O–H groups in total. The fraction of sp³-hybridized carbons (Fsp3) is 1.00. The van der Waals surface area contributed by atoms with Crippen LogP contribution in [0.2, 0.25) is 0 Å². The highest BCUT2D eigenvalue weighted by Gasteiger charge is 3.06. The third-order valence-electron chi connectivity index (χ3n) is 9.41.